The Bertz CT molecular complexity index is 671. The van der Waals surface area contributed by atoms with Gasteiger partial charge in [-0.1, -0.05) is 47.1 Å². The van der Waals surface area contributed by atoms with Crippen molar-refractivity contribution in [1.82, 2.24) is 14.8 Å². The van der Waals surface area contributed by atoms with E-state index in [1.165, 1.54) is 4.68 Å². The highest BCUT2D eigenvalue weighted by atomic mass is 32.1. The van der Waals surface area contributed by atoms with Crippen molar-refractivity contribution in [2.24, 2.45) is 11.3 Å². The highest BCUT2D eigenvalue weighted by Gasteiger charge is 2.23. The molecule has 138 valence electrons. The van der Waals surface area contributed by atoms with Crippen LogP contribution in [0.3, 0.4) is 0 Å². The van der Waals surface area contributed by atoms with E-state index >= 15 is 0 Å². The number of hydrogen-bond donors (Lipinski definition) is 0. The van der Waals surface area contributed by atoms with Crippen LogP contribution in [0.1, 0.15) is 65.1 Å². The summed E-state index contributed by atoms with van der Waals surface area (Å²) in [5, 5.41) is 6.30. The van der Waals surface area contributed by atoms with Gasteiger partial charge in [0.15, 0.2) is 5.82 Å². The van der Waals surface area contributed by atoms with E-state index in [1.807, 2.05) is 17.5 Å². The SMILES string of the molecule is CCCCOc1nc(-c2cccs2)n(C(=O)CC(C)CC(C)(C)C)n1. The highest BCUT2D eigenvalue weighted by Crippen LogP contribution is 2.28. The van der Waals surface area contributed by atoms with E-state index in [-0.39, 0.29) is 23.3 Å². The van der Waals surface area contributed by atoms with Crippen molar-refractivity contribution in [2.45, 2.75) is 60.3 Å². The fraction of sp³-hybridized carbons (Fsp3) is 0.632. The van der Waals surface area contributed by atoms with Gasteiger partial charge in [0.25, 0.3) is 0 Å². The molecule has 0 aromatic carbocycles. The zero-order chi connectivity index (χ0) is 18.4. The van der Waals surface area contributed by atoms with E-state index in [0.717, 1.165) is 24.1 Å². The minimum Gasteiger partial charge on any atom is -0.462 e. The summed E-state index contributed by atoms with van der Waals surface area (Å²) in [6.45, 7) is 11.4. The Hall–Kier alpha value is -1.69. The molecule has 2 rings (SSSR count). The van der Waals surface area contributed by atoms with Gasteiger partial charge in [0.1, 0.15) is 0 Å². The zero-order valence-corrected chi connectivity index (χ0v) is 16.7. The van der Waals surface area contributed by atoms with Gasteiger partial charge in [-0.3, -0.25) is 4.79 Å². The van der Waals surface area contributed by atoms with Crippen LogP contribution in [0.5, 0.6) is 6.01 Å². The van der Waals surface area contributed by atoms with Gasteiger partial charge in [-0.25, -0.2) is 0 Å². The van der Waals surface area contributed by atoms with E-state index in [4.69, 9.17) is 4.74 Å². The number of unbranched alkanes of at least 4 members (excludes halogenated alkanes) is 1. The Balaban J connectivity index is 2.18. The number of carbonyl (C=O) groups excluding carboxylic acids is 1. The number of nitrogens with zero attached hydrogens (tertiary/aromatic N) is 3. The van der Waals surface area contributed by atoms with Gasteiger partial charge in [0, 0.05) is 6.42 Å². The second-order valence-corrected chi connectivity index (χ2v) is 8.72. The molecular weight excluding hydrogens is 334 g/mol. The lowest BCUT2D eigenvalue weighted by atomic mass is 9.84. The summed E-state index contributed by atoms with van der Waals surface area (Å²) < 4.78 is 7.03. The minimum absolute atomic E-state index is 0.0296. The molecule has 25 heavy (non-hydrogen) atoms. The zero-order valence-electron chi connectivity index (χ0n) is 15.9. The summed E-state index contributed by atoms with van der Waals surface area (Å²) in [6, 6.07) is 4.18. The van der Waals surface area contributed by atoms with Crippen molar-refractivity contribution in [3.05, 3.63) is 17.5 Å². The van der Waals surface area contributed by atoms with E-state index in [9.17, 15) is 4.79 Å². The molecule has 0 aliphatic rings. The number of hydrogen-bond acceptors (Lipinski definition) is 5. The predicted octanol–water partition coefficient (Wildman–Crippen LogP) is 5.29. The summed E-state index contributed by atoms with van der Waals surface area (Å²) in [5.41, 5.74) is 0.201. The van der Waals surface area contributed by atoms with Gasteiger partial charge < -0.3 is 4.74 Å². The Morgan fingerprint density at radius 3 is 2.76 bits per heavy atom. The number of carbonyl (C=O) groups is 1. The van der Waals surface area contributed by atoms with Crippen LogP contribution in [0, 0.1) is 11.3 Å². The van der Waals surface area contributed by atoms with Crippen LogP contribution in [-0.4, -0.2) is 27.3 Å². The summed E-state index contributed by atoms with van der Waals surface area (Å²) in [7, 11) is 0. The van der Waals surface area contributed by atoms with Crippen LogP contribution in [0.4, 0.5) is 0 Å². The molecule has 5 nitrogen and oxygen atoms in total. The van der Waals surface area contributed by atoms with Gasteiger partial charge >= 0.3 is 6.01 Å². The Morgan fingerprint density at radius 2 is 2.16 bits per heavy atom. The standard InChI is InChI=1S/C19H29N3O2S/c1-6-7-10-24-18-20-17(15-9-8-11-25-15)22(21-18)16(23)12-14(2)13-19(3,4)5/h8-9,11,14H,6-7,10,12-13H2,1-5H3. The summed E-state index contributed by atoms with van der Waals surface area (Å²) in [6.07, 6.45) is 3.43. The Morgan fingerprint density at radius 1 is 1.40 bits per heavy atom. The third-order valence-electron chi connectivity index (χ3n) is 3.78. The Kier molecular flexibility index (Phi) is 6.76. The lowest BCUT2D eigenvalue weighted by molar-refractivity contribution is 0.0856. The fourth-order valence-corrected chi connectivity index (χ4v) is 3.60. The molecule has 0 aliphatic carbocycles. The molecule has 0 spiro atoms. The van der Waals surface area contributed by atoms with Gasteiger partial charge in [0.2, 0.25) is 5.91 Å². The summed E-state index contributed by atoms with van der Waals surface area (Å²) in [4.78, 5) is 18.2. The molecule has 0 saturated heterocycles. The van der Waals surface area contributed by atoms with Crippen LogP contribution in [0.25, 0.3) is 10.7 Å². The van der Waals surface area contributed by atoms with Crippen molar-refractivity contribution in [3.8, 4) is 16.7 Å². The van der Waals surface area contributed by atoms with Gasteiger partial charge in [-0.05, 0) is 35.6 Å². The molecule has 2 aromatic heterocycles. The number of thiophene rings is 1. The maximum Gasteiger partial charge on any atom is 0.336 e. The molecule has 1 unspecified atom stereocenters. The third kappa shape index (κ3) is 5.96. The Labute approximate surface area is 154 Å². The van der Waals surface area contributed by atoms with Crippen LogP contribution in [0.15, 0.2) is 17.5 Å². The quantitative estimate of drug-likeness (QED) is 0.598. The van der Waals surface area contributed by atoms with Crippen molar-refractivity contribution in [1.29, 1.82) is 0 Å². The van der Waals surface area contributed by atoms with E-state index in [2.05, 4.69) is 44.7 Å². The van der Waals surface area contributed by atoms with Crippen LogP contribution < -0.4 is 4.74 Å². The largest absolute Gasteiger partial charge is 0.462 e. The van der Waals surface area contributed by atoms with Gasteiger partial charge in [0.05, 0.1) is 11.5 Å². The molecule has 0 aliphatic heterocycles. The first-order valence-electron chi connectivity index (χ1n) is 8.97. The molecule has 2 aromatic rings. The van der Waals surface area contributed by atoms with Crippen LogP contribution in [0.2, 0.25) is 0 Å². The van der Waals surface area contributed by atoms with Crippen molar-refractivity contribution in [3.63, 3.8) is 0 Å². The van der Waals surface area contributed by atoms with E-state index in [1.54, 1.807) is 11.3 Å². The second kappa shape index (κ2) is 8.61. The monoisotopic (exact) mass is 363 g/mol. The molecular formula is C19H29N3O2S. The first-order chi connectivity index (χ1) is 11.8. The maximum absolute atomic E-state index is 12.8. The smallest absolute Gasteiger partial charge is 0.336 e. The molecule has 2 heterocycles. The molecule has 0 fully saturated rings. The fourth-order valence-electron chi connectivity index (χ4n) is 2.90. The lowest BCUT2D eigenvalue weighted by Gasteiger charge is -2.22. The molecule has 0 saturated carbocycles. The van der Waals surface area contributed by atoms with Gasteiger partial charge in [-0.15, -0.1) is 16.4 Å². The molecule has 0 amide bonds. The molecule has 0 radical (unpaired) electrons. The van der Waals surface area contributed by atoms with Gasteiger partial charge in [-0.2, -0.15) is 9.67 Å². The minimum atomic E-state index is -0.0296. The van der Waals surface area contributed by atoms with Crippen LogP contribution >= 0.6 is 11.3 Å². The van der Waals surface area contributed by atoms with Crippen molar-refractivity contribution < 1.29 is 9.53 Å². The lowest BCUT2D eigenvalue weighted by Crippen LogP contribution is -2.20. The molecule has 6 heteroatoms. The van der Waals surface area contributed by atoms with E-state index < -0.39 is 0 Å². The normalized spacial score (nSPS) is 13.0. The van der Waals surface area contributed by atoms with E-state index in [0.29, 0.717) is 18.9 Å². The molecule has 0 bridgehead atoms. The molecule has 0 N–H and O–H groups in total. The average molecular weight is 364 g/mol. The number of rotatable bonds is 8. The summed E-state index contributed by atoms with van der Waals surface area (Å²) in [5.74, 6) is 0.838. The second-order valence-electron chi connectivity index (χ2n) is 7.78. The van der Waals surface area contributed by atoms with Crippen molar-refractivity contribution in [2.75, 3.05) is 6.61 Å². The molecule has 1 atom stereocenters. The predicted molar refractivity (Wildman–Crippen MR) is 102 cm³/mol. The first kappa shape index (κ1) is 19.6. The summed E-state index contributed by atoms with van der Waals surface area (Å²) >= 11 is 1.55. The number of aromatic nitrogens is 3. The first-order valence-corrected chi connectivity index (χ1v) is 9.85. The van der Waals surface area contributed by atoms with Crippen LogP contribution in [-0.2, 0) is 0 Å². The number of ether oxygens (including phenoxy) is 1. The van der Waals surface area contributed by atoms with Crippen molar-refractivity contribution >= 4 is 17.2 Å². The topological polar surface area (TPSA) is 57.0 Å². The average Bonchev–Trinajstić information content (AvgIpc) is 3.14. The highest BCUT2D eigenvalue weighted by molar-refractivity contribution is 7.13. The maximum atomic E-state index is 12.8. The third-order valence-corrected chi connectivity index (χ3v) is 4.64.